The van der Waals surface area contributed by atoms with Crippen LogP contribution in [0.5, 0.6) is 0 Å². The van der Waals surface area contributed by atoms with E-state index in [4.69, 9.17) is 4.74 Å². The molecule has 1 heterocycles. The third kappa shape index (κ3) is 3.49. The van der Waals surface area contributed by atoms with E-state index in [0.717, 1.165) is 0 Å². The second kappa shape index (κ2) is 6.30. The van der Waals surface area contributed by atoms with Crippen molar-refractivity contribution in [2.24, 2.45) is 0 Å². The fourth-order valence-electron chi connectivity index (χ4n) is 1.66. The van der Waals surface area contributed by atoms with Crippen LogP contribution in [0.15, 0.2) is 18.2 Å². The number of halogens is 1. The molecule has 17 heavy (non-hydrogen) atoms. The topological polar surface area (TPSA) is 42.4 Å². The van der Waals surface area contributed by atoms with Gasteiger partial charge in [0.15, 0.2) is 0 Å². The predicted molar refractivity (Wildman–Crippen MR) is 62.2 cm³/mol. The highest BCUT2D eigenvalue weighted by Crippen LogP contribution is 2.07. The number of hydrogen-bond donors (Lipinski definition) is 0. The largest absolute Gasteiger partial charge is 0.383 e. The van der Waals surface area contributed by atoms with E-state index in [1.807, 2.05) is 13.8 Å². The molecule has 0 saturated carbocycles. The summed E-state index contributed by atoms with van der Waals surface area (Å²) in [5.74, 6) is -0.928. The Labute approximate surface area is 100 Å². The van der Waals surface area contributed by atoms with E-state index in [1.54, 1.807) is 12.0 Å². The highest BCUT2D eigenvalue weighted by molar-refractivity contribution is 5.92. The van der Waals surface area contributed by atoms with Gasteiger partial charge in [0.2, 0.25) is 5.95 Å². The Balaban J connectivity index is 2.86. The summed E-state index contributed by atoms with van der Waals surface area (Å²) in [7, 11) is 1.58. The molecule has 0 aromatic carbocycles. The zero-order valence-corrected chi connectivity index (χ0v) is 10.3. The van der Waals surface area contributed by atoms with Crippen molar-refractivity contribution >= 4 is 5.91 Å². The Morgan fingerprint density at radius 1 is 1.59 bits per heavy atom. The molecule has 0 N–H and O–H groups in total. The highest BCUT2D eigenvalue weighted by atomic mass is 19.1. The molecule has 0 radical (unpaired) electrons. The Hall–Kier alpha value is -1.49. The molecule has 0 spiro atoms. The number of likely N-dealkylation sites (N-methyl/N-ethyl adjacent to an activating group) is 1. The number of nitrogens with zero attached hydrogens (tertiary/aromatic N) is 2. The van der Waals surface area contributed by atoms with Crippen molar-refractivity contribution in [2.75, 3.05) is 20.3 Å². The van der Waals surface area contributed by atoms with Crippen LogP contribution in [-0.2, 0) is 4.74 Å². The number of methoxy groups -OCH3 is 1. The van der Waals surface area contributed by atoms with Crippen molar-refractivity contribution in [2.45, 2.75) is 19.9 Å². The summed E-state index contributed by atoms with van der Waals surface area (Å²) in [6.45, 7) is 4.71. The van der Waals surface area contributed by atoms with Gasteiger partial charge in [0, 0.05) is 13.7 Å². The first-order valence-electron chi connectivity index (χ1n) is 5.52. The third-order valence-corrected chi connectivity index (χ3v) is 2.48. The van der Waals surface area contributed by atoms with Gasteiger partial charge in [0.05, 0.1) is 12.6 Å². The molecule has 94 valence electrons. The van der Waals surface area contributed by atoms with Crippen LogP contribution in [-0.4, -0.2) is 42.1 Å². The zero-order valence-electron chi connectivity index (χ0n) is 10.3. The molecule has 5 heteroatoms. The number of pyridine rings is 1. The lowest BCUT2D eigenvalue weighted by atomic mass is 10.2. The van der Waals surface area contributed by atoms with Gasteiger partial charge in [-0.3, -0.25) is 4.79 Å². The Morgan fingerprint density at radius 2 is 2.29 bits per heavy atom. The van der Waals surface area contributed by atoms with E-state index < -0.39 is 5.95 Å². The minimum Gasteiger partial charge on any atom is -0.383 e. The number of ether oxygens (including phenoxy) is 1. The minimum absolute atomic E-state index is 0.0671. The van der Waals surface area contributed by atoms with Gasteiger partial charge in [-0.25, -0.2) is 4.98 Å². The van der Waals surface area contributed by atoms with E-state index in [0.29, 0.717) is 13.2 Å². The summed E-state index contributed by atoms with van der Waals surface area (Å²) >= 11 is 0. The van der Waals surface area contributed by atoms with Crippen molar-refractivity contribution in [3.8, 4) is 0 Å². The Bertz CT molecular complexity index is 385. The van der Waals surface area contributed by atoms with Crippen LogP contribution in [0.2, 0.25) is 0 Å². The minimum atomic E-state index is -0.647. The van der Waals surface area contributed by atoms with Crippen LogP contribution in [0.4, 0.5) is 4.39 Å². The fourth-order valence-corrected chi connectivity index (χ4v) is 1.66. The standard InChI is InChI=1S/C12H17FN2O2/c1-4-15(9(2)8-17-3)12(16)10-6-5-7-11(13)14-10/h5-7,9H,4,8H2,1-3H3. The van der Waals surface area contributed by atoms with Crippen molar-refractivity contribution in [3.05, 3.63) is 29.8 Å². The van der Waals surface area contributed by atoms with Gasteiger partial charge in [-0.2, -0.15) is 4.39 Å². The number of carbonyl (C=O) groups excluding carboxylic acids is 1. The van der Waals surface area contributed by atoms with Crippen molar-refractivity contribution in [3.63, 3.8) is 0 Å². The maximum absolute atomic E-state index is 12.9. The van der Waals surface area contributed by atoms with Crippen molar-refractivity contribution in [1.82, 2.24) is 9.88 Å². The first-order chi connectivity index (χ1) is 8.10. The maximum atomic E-state index is 12.9. The zero-order chi connectivity index (χ0) is 12.8. The van der Waals surface area contributed by atoms with Crippen LogP contribution in [0.3, 0.4) is 0 Å². The smallest absolute Gasteiger partial charge is 0.272 e. The normalized spacial score (nSPS) is 12.2. The molecule has 0 bridgehead atoms. The highest BCUT2D eigenvalue weighted by Gasteiger charge is 2.21. The maximum Gasteiger partial charge on any atom is 0.272 e. The van der Waals surface area contributed by atoms with Crippen molar-refractivity contribution in [1.29, 1.82) is 0 Å². The SMILES string of the molecule is CCN(C(=O)c1cccc(F)n1)C(C)COC. The first kappa shape index (κ1) is 13.6. The summed E-state index contributed by atoms with van der Waals surface area (Å²) in [5.41, 5.74) is 0.120. The average molecular weight is 240 g/mol. The molecule has 0 aliphatic heterocycles. The number of hydrogen-bond acceptors (Lipinski definition) is 3. The number of aromatic nitrogens is 1. The molecule has 1 amide bonds. The Morgan fingerprint density at radius 3 is 2.82 bits per heavy atom. The molecular weight excluding hydrogens is 223 g/mol. The van der Waals surface area contributed by atoms with Crippen LogP contribution >= 0.6 is 0 Å². The summed E-state index contributed by atoms with van der Waals surface area (Å²) in [4.78, 5) is 17.3. The van der Waals surface area contributed by atoms with Crippen LogP contribution < -0.4 is 0 Å². The predicted octanol–water partition coefficient (Wildman–Crippen LogP) is 1.72. The first-order valence-corrected chi connectivity index (χ1v) is 5.52. The molecule has 0 saturated heterocycles. The third-order valence-electron chi connectivity index (χ3n) is 2.48. The lowest BCUT2D eigenvalue weighted by Crippen LogP contribution is -2.41. The summed E-state index contributed by atoms with van der Waals surface area (Å²) < 4.78 is 17.9. The van der Waals surface area contributed by atoms with Crippen LogP contribution in [0.25, 0.3) is 0 Å². The Kier molecular flexibility index (Phi) is 5.03. The molecule has 1 aromatic rings. The monoisotopic (exact) mass is 240 g/mol. The second-order valence-corrected chi connectivity index (χ2v) is 3.74. The van der Waals surface area contributed by atoms with Gasteiger partial charge in [-0.05, 0) is 26.0 Å². The van der Waals surface area contributed by atoms with Gasteiger partial charge in [-0.15, -0.1) is 0 Å². The van der Waals surface area contributed by atoms with Gasteiger partial charge >= 0.3 is 0 Å². The molecule has 1 rings (SSSR count). The summed E-state index contributed by atoms with van der Waals surface area (Å²) in [5, 5.41) is 0. The summed E-state index contributed by atoms with van der Waals surface area (Å²) in [6.07, 6.45) is 0. The van der Waals surface area contributed by atoms with Gasteiger partial charge in [0.25, 0.3) is 5.91 Å². The number of rotatable bonds is 5. The molecule has 1 unspecified atom stereocenters. The fraction of sp³-hybridized carbons (Fsp3) is 0.500. The van der Waals surface area contributed by atoms with Crippen LogP contribution in [0.1, 0.15) is 24.3 Å². The second-order valence-electron chi connectivity index (χ2n) is 3.74. The molecule has 1 atom stereocenters. The lowest BCUT2D eigenvalue weighted by Gasteiger charge is -2.27. The molecule has 0 aliphatic carbocycles. The number of amides is 1. The molecule has 0 aliphatic rings. The van der Waals surface area contributed by atoms with Crippen molar-refractivity contribution < 1.29 is 13.9 Å². The average Bonchev–Trinajstić information content (AvgIpc) is 2.30. The van der Waals surface area contributed by atoms with Crippen LogP contribution in [0, 0.1) is 5.95 Å². The molecule has 0 fully saturated rings. The van der Waals surface area contributed by atoms with E-state index >= 15 is 0 Å². The van der Waals surface area contributed by atoms with E-state index in [1.165, 1.54) is 18.2 Å². The summed E-state index contributed by atoms with van der Waals surface area (Å²) in [6, 6.07) is 4.13. The molecular formula is C12H17FN2O2. The van der Waals surface area contributed by atoms with E-state index in [9.17, 15) is 9.18 Å². The molecule has 4 nitrogen and oxygen atoms in total. The van der Waals surface area contributed by atoms with Gasteiger partial charge < -0.3 is 9.64 Å². The van der Waals surface area contributed by atoms with Gasteiger partial charge in [-0.1, -0.05) is 6.07 Å². The van der Waals surface area contributed by atoms with E-state index in [-0.39, 0.29) is 17.6 Å². The quantitative estimate of drug-likeness (QED) is 0.736. The van der Waals surface area contributed by atoms with Gasteiger partial charge in [0.1, 0.15) is 5.69 Å². The van der Waals surface area contributed by atoms with E-state index in [2.05, 4.69) is 4.98 Å². The lowest BCUT2D eigenvalue weighted by molar-refractivity contribution is 0.0572. The number of carbonyl (C=O) groups is 1. The molecule has 1 aromatic heterocycles.